The molecule has 0 N–H and O–H groups in total. The van der Waals surface area contributed by atoms with E-state index in [0.717, 1.165) is 18.0 Å². The third-order valence-electron chi connectivity index (χ3n) is 4.86. The number of nitrogens with zero attached hydrogens (tertiary/aromatic N) is 1. The Kier molecular flexibility index (Phi) is 3.36. The van der Waals surface area contributed by atoms with Crippen LogP contribution < -0.4 is 9.47 Å². The van der Waals surface area contributed by atoms with Crippen molar-refractivity contribution in [2.45, 2.75) is 31.1 Å². The lowest BCUT2D eigenvalue weighted by Crippen LogP contribution is -2.29. The zero-order valence-electron chi connectivity index (χ0n) is 12.6. The maximum atomic E-state index is 5.48. The Labute approximate surface area is 121 Å². The van der Waals surface area contributed by atoms with Crippen LogP contribution in [0.3, 0.4) is 0 Å². The second-order valence-corrected chi connectivity index (χ2v) is 5.81. The van der Waals surface area contributed by atoms with E-state index in [9.17, 15) is 0 Å². The molecule has 2 aliphatic rings. The zero-order valence-corrected chi connectivity index (χ0v) is 12.6. The molecule has 1 unspecified atom stereocenters. The number of fused-ring (bicyclic) bond motifs is 1. The van der Waals surface area contributed by atoms with E-state index in [1.807, 2.05) is 6.07 Å². The molecule has 3 heteroatoms. The molecule has 0 bridgehead atoms. The molecular formula is C17H23NO2. The summed E-state index contributed by atoms with van der Waals surface area (Å²) in [5, 5.41) is 0. The number of hydrogen-bond acceptors (Lipinski definition) is 3. The van der Waals surface area contributed by atoms with Crippen LogP contribution >= 0.6 is 0 Å². The summed E-state index contributed by atoms with van der Waals surface area (Å²) < 4.78 is 10.8. The van der Waals surface area contributed by atoms with Gasteiger partial charge in [0.1, 0.15) is 0 Å². The minimum absolute atomic E-state index is 0.187. The molecule has 3 rings (SSSR count). The normalized spacial score (nSPS) is 25.1. The van der Waals surface area contributed by atoms with Crippen molar-refractivity contribution in [3.63, 3.8) is 0 Å². The van der Waals surface area contributed by atoms with Crippen LogP contribution in [0.5, 0.6) is 11.5 Å². The highest BCUT2D eigenvalue weighted by atomic mass is 16.5. The summed E-state index contributed by atoms with van der Waals surface area (Å²) in [5.74, 6) is 1.64. The van der Waals surface area contributed by atoms with Gasteiger partial charge in [-0.05, 0) is 43.4 Å². The van der Waals surface area contributed by atoms with Crippen LogP contribution in [0.1, 0.15) is 31.2 Å². The van der Waals surface area contributed by atoms with Crippen LogP contribution in [0, 0.1) is 0 Å². The lowest BCUT2D eigenvalue weighted by molar-refractivity contribution is 0.351. The van der Waals surface area contributed by atoms with E-state index in [-0.39, 0.29) is 5.41 Å². The number of likely N-dealkylation sites (tertiary alicyclic amines) is 1. The van der Waals surface area contributed by atoms with E-state index in [2.05, 4.69) is 30.2 Å². The molecule has 3 nitrogen and oxygen atoms in total. The molecule has 1 saturated heterocycles. The van der Waals surface area contributed by atoms with E-state index in [4.69, 9.17) is 9.47 Å². The second-order valence-electron chi connectivity index (χ2n) is 5.81. The Morgan fingerprint density at radius 1 is 1.10 bits per heavy atom. The van der Waals surface area contributed by atoms with Crippen molar-refractivity contribution in [2.24, 2.45) is 0 Å². The summed E-state index contributed by atoms with van der Waals surface area (Å²) in [4.78, 5) is 2.41. The summed E-state index contributed by atoms with van der Waals surface area (Å²) in [7, 11) is 5.60. The van der Waals surface area contributed by atoms with Crippen molar-refractivity contribution >= 4 is 0 Å². The van der Waals surface area contributed by atoms with Gasteiger partial charge in [0.15, 0.2) is 11.5 Å². The highest BCUT2D eigenvalue weighted by Gasteiger charge is 2.44. The number of hydrogen-bond donors (Lipinski definition) is 0. The van der Waals surface area contributed by atoms with Crippen LogP contribution in [0.4, 0.5) is 0 Å². The first-order valence-corrected chi connectivity index (χ1v) is 7.35. The van der Waals surface area contributed by atoms with Gasteiger partial charge in [-0.15, -0.1) is 0 Å². The van der Waals surface area contributed by atoms with Crippen molar-refractivity contribution in [3.05, 3.63) is 35.5 Å². The topological polar surface area (TPSA) is 21.7 Å². The van der Waals surface area contributed by atoms with Crippen LogP contribution in [-0.4, -0.2) is 32.7 Å². The standard InChI is InChI=1S/C17H23NO2/c1-18-11-10-17(9-5-4-6-16(17)18)13-7-8-14(19-2)15(12-13)20-3/h6-8,12H,4-5,9-11H2,1-3H3. The third kappa shape index (κ3) is 1.88. The van der Waals surface area contributed by atoms with E-state index in [1.54, 1.807) is 14.2 Å². The van der Waals surface area contributed by atoms with E-state index < -0.39 is 0 Å². The molecule has 0 aromatic heterocycles. The molecule has 20 heavy (non-hydrogen) atoms. The van der Waals surface area contributed by atoms with Gasteiger partial charge in [-0.1, -0.05) is 12.1 Å². The lowest BCUT2D eigenvalue weighted by atomic mass is 9.70. The van der Waals surface area contributed by atoms with Gasteiger partial charge in [-0.3, -0.25) is 0 Å². The molecule has 1 atom stereocenters. The van der Waals surface area contributed by atoms with Crippen LogP contribution in [0.25, 0.3) is 0 Å². The van der Waals surface area contributed by atoms with Gasteiger partial charge in [0.05, 0.1) is 14.2 Å². The maximum Gasteiger partial charge on any atom is 0.161 e. The fourth-order valence-electron chi connectivity index (χ4n) is 3.79. The summed E-state index contributed by atoms with van der Waals surface area (Å²) >= 11 is 0. The number of ether oxygens (including phenoxy) is 2. The lowest BCUT2D eigenvalue weighted by Gasteiger charge is -2.36. The molecule has 0 radical (unpaired) electrons. The second kappa shape index (κ2) is 5.04. The summed E-state index contributed by atoms with van der Waals surface area (Å²) in [6, 6.07) is 6.41. The van der Waals surface area contributed by atoms with Crippen molar-refractivity contribution < 1.29 is 9.47 Å². The average Bonchev–Trinajstić information content (AvgIpc) is 2.85. The number of methoxy groups -OCH3 is 2. The molecule has 0 amide bonds. The average molecular weight is 273 g/mol. The molecule has 1 aromatic rings. The Balaban J connectivity index is 2.07. The Bertz CT molecular complexity index is 538. The SMILES string of the molecule is COc1ccc(C23CCCC=C2N(C)CC3)cc1OC. The number of likely N-dealkylation sites (N-methyl/N-ethyl adjacent to an activating group) is 1. The van der Waals surface area contributed by atoms with Gasteiger partial charge in [0, 0.05) is 24.7 Å². The van der Waals surface area contributed by atoms with Crippen molar-refractivity contribution in [1.29, 1.82) is 0 Å². The highest BCUT2D eigenvalue weighted by molar-refractivity contribution is 5.49. The minimum Gasteiger partial charge on any atom is -0.493 e. The van der Waals surface area contributed by atoms with Gasteiger partial charge < -0.3 is 14.4 Å². The first-order valence-electron chi connectivity index (χ1n) is 7.35. The summed E-state index contributed by atoms with van der Waals surface area (Å²) in [6.07, 6.45) is 7.33. The van der Waals surface area contributed by atoms with E-state index in [1.165, 1.54) is 36.9 Å². The first-order chi connectivity index (χ1) is 9.71. The minimum atomic E-state index is 0.187. The van der Waals surface area contributed by atoms with Gasteiger partial charge >= 0.3 is 0 Å². The van der Waals surface area contributed by atoms with Gasteiger partial charge in [0.25, 0.3) is 0 Å². The predicted molar refractivity (Wildman–Crippen MR) is 80.4 cm³/mol. The van der Waals surface area contributed by atoms with Gasteiger partial charge in [-0.2, -0.15) is 0 Å². The smallest absolute Gasteiger partial charge is 0.161 e. The Hall–Kier alpha value is -1.64. The molecule has 0 spiro atoms. The predicted octanol–water partition coefficient (Wildman–Crippen LogP) is 3.34. The summed E-state index contributed by atoms with van der Waals surface area (Å²) in [5.41, 5.74) is 3.05. The van der Waals surface area contributed by atoms with Crippen LogP contribution in [0.15, 0.2) is 30.0 Å². The van der Waals surface area contributed by atoms with Crippen LogP contribution in [0.2, 0.25) is 0 Å². The van der Waals surface area contributed by atoms with Gasteiger partial charge in [-0.25, -0.2) is 0 Å². The molecule has 1 aliphatic heterocycles. The zero-order chi connectivity index (χ0) is 14.2. The fraction of sp³-hybridized carbons (Fsp3) is 0.529. The molecule has 1 fully saturated rings. The fourth-order valence-corrected chi connectivity index (χ4v) is 3.79. The third-order valence-corrected chi connectivity index (χ3v) is 4.86. The molecule has 1 aromatic carbocycles. The molecule has 1 heterocycles. The molecule has 0 saturated carbocycles. The van der Waals surface area contributed by atoms with E-state index in [0.29, 0.717) is 0 Å². The highest BCUT2D eigenvalue weighted by Crippen LogP contribution is 2.50. The van der Waals surface area contributed by atoms with Crippen LogP contribution in [-0.2, 0) is 5.41 Å². The van der Waals surface area contributed by atoms with E-state index >= 15 is 0 Å². The van der Waals surface area contributed by atoms with Crippen molar-refractivity contribution in [2.75, 3.05) is 27.8 Å². The number of allylic oxidation sites excluding steroid dienone is 2. The molecule has 108 valence electrons. The molecule has 1 aliphatic carbocycles. The first kappa shape index (κ1) is 13.3. The Morgan fingerprint density at radius 2 is 1.90 bits per heavy atom. The van der Waals surface area contributed by atoms with Crippen molar-refractivity contribution in [3.8, 4) is 11.5 Å². The monoisotopic (exact) mass is 273 g/mol. The Morgan fingerprint density at radius 3 is 2.65 bits per heavy atom. The maximum absolute atomic E-state index is 5.48. The largest absolute Gasteiger partial charge is 0.493 e. The van der Waals surface area contributed by atoms with Gasteiger partial charge in [0.2, 0.25) is 0 Å². The van der Waals surface area contributed by atoms with Crippen molar-refractivity contribution in [1.82, 2.24) is 4.90 Å². The summed E-state index contributed by atoms with van der Waals surface area (Å²) in [6.45, 7) is 1.14. The quantitative estimate of drug-likeness (QED) is 0.843. The number of benzene rings is 1. The number of rotatable bonds is 3. The molecular weight excluding hydrogens is 250 g/mol.